The van der Waals surface area contributed by atoms with E-state index >= 15 is 0 Å². The molecule has 0 spiro atoms. The Balaban J connectivity index is 1.73. The van der Waals surface area contributed by atoms with Crippen molar-refractivity contribution in [1.82, 2.24) is 30.0 Å². The minimum Gasteiger partial charge on any atom is -0.383 e. The molecule has 10 heteroatoms. The SMILES string of the molecule is CCSc1nc(NCCOC)c2cnn(CCNC(=O)c3ccncc3)c2n1. The molecular weight excluding hydrogens is 378 g/mol. The maximum atomic E-state index is 12.2. The first-order valence-corrected chi connectivity index (χ1v) is 9.99. The van der Waals surface area contributed by atoms with Gasteiger partial charge in [-0.05, 0) is 17.9 Å². The zero-order valence-corrected chi connectivity index (χ0v) is 16.7. The van der Waals surface area contributed by atoms with E-state index in [4.69, 9.17) is 4.74 Å². The Morgan fingerprint density at radius 3 is 2.82 bits per heavy atom. The van der Waals surface area contributed by atoms with Gasteiger partial charge in [-0.25, -0.2) is 14.6 Å². The Hall–Kier alpha value is -2.72. The van der Waals surface area contributed by atoms with E-state index in [9.17, 15) is 4.79 Å². The van der Waals surface area contributed by atoms with Crippen LogP contribution in [0, 0.1) is 0 Å². The summed E-state index contributed by atoms with van der Waals surface area (Å²) in [4.78, 5) is 25.3. The number of aromatic nitrogens is 5. The highest BCUT2D eigenvalue weighted by atomic mass is 32.2. The van der Waals surface area contributed by atoms with Gasteiger partial charge in [0.2, 0.25) is 0 Å². The lowest BCUT2D eigenvalue weighted by Crippen LogP contribution is -2.27. The smallest absolute Gasteiger partial charge is 0.251 e. The van der Waals surface area contributed by atoms with Crippen molar-refractivity contribution < 1.29 is 9.53 Å². The van der Waals surface area contributed by atoms with Gasteiger partial charge in [0.05, 0.1) is 24.7 Å². The minimum absolute atomic E-state index is 0.141. The molecule has 0 unspecified atom stereocenters. The number of amides is 1. The number of carbonyl (C=O) groups is 1. The van der Waals surface area contributed by atoms with Crippen LogP contribution in [-0.4, -0.2) is 63.2 Å². The van der Waals surface area contributed by atoms with Gasteiger partial charge in [-0.15, -0.1) is 0 Å². The number of nitrogens with zero attached hydrogens (tertiary/aromatic N) is 5. The van der Waals surface area contributed by atoms with Crippen molar-refractivity contribution in [3.8, 4) is 0 Å². The van der Waals surface area contributed by atoms with Crippen LogP contribution in [0.4, 0.5) is 5.82 Å². The molecule has 3 aromatic heterocycles. The molecule has 9 nitrogen and oxygen atoms in total. The van der Waals surface area contributed by atoms with E-state index in [1.165, 1.54) is 0 Å². The highest BCUT2D eigenvalue weighted by Crippen LogP contribution is 2.24. The van der Waals surface area contributed by atoms with E-state index in [-0.39, 0.29) is 5.91 Å². The standard InChI is InChI=1S/C18H23N7O2S/c1-3-28-18-23-15(20-9-11-27-2)14-12-22-25(16(14)24-18)10-8-21-17(26)13-4-6-19-7-5-13/h4-7,12H,3,8-11H2,1-2H3,(H,21,26)(H,20,23,24). The molecule has 0 bridgehead atoms. The summed E-state index contributed by atoms with van der Waals surface area (Å²) in [6.45, 7) is 4.22. The van der Waals surface area contributed by atoms with Gasteiger partial charge in [0, 0.05) is 38.2 Å². The van der Waals surface area contributed by atoms with Crippen LogP contribution in [0.25, 0.3) is 11.0 Å². The molecule has 0 saturated heterocycles. The van der Waals surface area contributed by atoms with Crippen molar-refractivity contribution in [2.45, 2.75) is 18.6 Å². The van der Waals surface area contributed by atoms with Crippen molar-refractivity contribution in [3.05, 3.63) is 36.3 Å². The lowest BCUT2D eigenvalue weighted by molar-refractivity contribution is 0.0952. The maximum Gasteiger partial charge on any atom is 0.251 e. The van der Waals surface area contributed by atoms with Gasteiger partial charge >= 0.3 is 0 Å². The van der Waals surface area contributed by atoms with Gasteiger partial charge in [0.1, 0.15) is 5.82 Å². The number of hydrogen-bond donors (Lipinski definition) is 2. The third-order valence-electron chi connectivity index (χ3n) is 3.90. The van der Waals surface area contributed by atoms with E-state index in [1.807, 2.05) is 0 Å². The molecule has 0 aliphatic heterocycles. The van der Waals surface area contributed by atoms with E-state index in [0.717, 1.165) is 22.6 Å². The third kappa shape index (κ3) is 4.96. The summed E-state index contributed by atoms with van der Waals surface area (Å²) in [6.07, 6.45) is 4.94. The molecule has 0 saturated carbocycles. The summed E-state index contributed by atoms with van der Waals surface area (Å²) in [6, 6.07) is 3.36. The van der Waals surface area contributed by atoms with Crippen LogP contribution in [0.2, 0.25) is 0 Å². The summed E-state index contributed by atoms with van der Waals surface area (Å²) in [5.74, 6) is 1.47. The van der Waals surface area contributed by atoms with Crippen molar-refractivity contribution >= 4 is 34.5 Å². The Morgan fingerprint density at radius 2 is 2.07 bits per heavy atom. The maximum absolute atomic E-state index is 12.2. The molecule has 0 aliphatic carbocycles. The monoisotopic (exact) mass is 401 g/mol. The van der Waals surface area contributed by atoms with E-state index in [0.29, 0.717) is 37.0 Å². The van der Waals surface area contributed by atoms with Crippen LogP contribution >= 0.6 is 11.8 Å². The fourth-order valence-electron chi connectivity index (χ4n) is 2.58. The lowest BCUT2D eigenvalue weighted by atomic mass is 10.2. The first-order chi connectivity index (χ1) is 13.7. The van der Waals surface area contributed by atoms with Crippen LogP contribution in [0.15, 0.2) is 35.9 Å². The fraction of sp³-hybridized carbons (Fsp3) is 0.389. The summed E-state index contributed by atoms with van der Waals surface area (Å²) in [5.41, 5.74) is 1.32. The predicted octanol–water partition coefficient (Wildman–Crippen LogP) is 1.82. The molecule has 0 aromatic carbocycles. The second-order valence-corrected chi connectivity index (χ2v) is 7.04. The van der Waals surface area contributed by atoms with Crippen LogP contribution in [0.1, 0.15) is 17.3 Å². The van der Waals surface area contributed by atoms with Crippen LogP contribution in [0.3, 0.4) is 0 Å². The lowest BCUT2D eigenvalue weighted by Gasteiger charge is -2.09. The zero-order chi connectivity index (χ0) is 19.8. The Kier molecular flexibility index (Phi) is 7.15. The number of hydrogen-bond acceptors (Lipinski definition) is 8. The van der Waals surface area contributed by atoms with Gasteiger partial charge in [-0.3, -0.25) is 9.78 Å². The molecule has 0 aliphatic rings. The molecule has 1 amide bonds. The molecule has 0 fully saturated rings. The molecule has 3 heterocycles. The van der Waals surface area contributed by atoms with Gasteiger partial charge in [0.15, 0.2) is 10.8 Å². The molecule has 148 valence electrons. The average Bonchev–Trinajstić information content (AvgIpc) is 3.12. The summed E-state index contributed by atoms with van der Waals surface area (Å²) >= 11 is 1.57. The van der Waals surface area contributed by atoms with Crippen LogP contribution in [-0.2, 0) is 11.3 Å². The highest BCUT2D eigenvalue weighted by Gasteiger charge is 2.13. The molecule has 28 heavy (non-hydrogen) atoms. The van der Waals surface area contributed by atoms with Gasteiger partial charge in [-0.2, -0.15) is 5.10 Å². The van der Waals surface area contributed by atoms with Crippen molar-refractivity contribution in [1.29, 1.82) is 0 Å². The second kappa shape index (κ2) is 10.00. The van der Waals surface area contributed by atoms with Gasteiger partial charge < -0.3 is 15.4 Å². The highest BCUT2D eigenvalue weighted by molar-refractivity contribution is 7.99. The summed E-state index contributed by atoms with van der Waals surface area (Å²) in [5, 5.41) is 12.1. The number of methoxy groups -OCH3 is 1. The molecule has 0 atom stereocenters. The number of rotatable bonds is 10. The van der Waals surface area contributed by atoms with Crippen molar-refractivity contribution in [2.24, 2.45) is 0 Å². The van der Waals surface area contributed by atoms with E-state index in [1.54, 1.807) is 54.3 Å². The largest absolute Gasteiger partial charge is 0.383 e. The Bertz CT molecular complexity index is 917. The quantitative estimate of drug-likeness (QED) is 0.301. The molecule has 2 N–H and O–H groups in total. The number of ether oxygens (including phenoxy) is 1. The Morgan fingerprint density at radius 1 is 1.25 bits per heavy atom. The van der Waals surface area contributed by atoms with Crippen molar-refractivity contribution in [2.75, 3.05) is 37.9 Å². The summed E-state index contributed by atoms with van der Waals surface area (Å²) < 4.78 is 6.88. The molecular formula is C18H23N7O2S. The topological polar surface area (TPSA) is 107 Å². The second-order valence-electron chi connectivity index (χ2n) is 5.80. The van der Waals surface area contributed by atoms with Gasteiger partial charge in [-0.1, -0.05) is 18.7 Å². The fourth-order valence-corrected chi connectivity index (χ4v) is 3.14. The number of pyridine rings is 1. The van der Waals surface area contributed by atoms with Crippen molar-refractivity contribution in [3.63, 3.8) is 0 Å². The normalized spacial score (nSPS) is 10.9. The van der Waals surface area contributed by atoms with Crippen LogP contribution < -0.4 is 10.6 Å². The van der Waals surface area contributed by atoms with E-state index in [2.05, 4.69) is 37.6 Å². The molecule has 0 radical (unpaired) electrons. The minimum atomic E-state index is -0.141. The van der Waals surface area contributed by atoms with Gasteiger partial charge in [0.25, 0.3) is 5.91 Å². The molecule has 3 rings (SSSR count). The number of fused-ring (bicyclic) bond motifs is 1. The number of anilines is 1. The van der Waals surface area contributed by atoms with E-state index < -0.39 is 0 Å². The number of thioether (sulfide) groups is 1. The zero-order valence-electron chi connectivity index (χ0n) is 15.9. The number of carbonyl (C=O) groups excluding carboxylic acids is 1. The third-order valence-corrected chi connectivity index (χ3v) is 4.63. The average molecular weight is 401 g/mol. The molecule has 3 aromatic rings. The number of nitrogens with one attached hydrogen (secondary N) is 2. The van der Waals surface area contributed by atoms with Crippen LogP contribution in [0.5, 0.6) is 0 Å². The first kappa shape index (κ1) is 20.0. The first-order valence-electron chi connectivity index (χ1n) is 9.00. The Labute approximate surface area is 167 Å². The summed E-state index contributed by atoms with van der Waals surface area (Å²) in [7, 11) is 1.66. The predicted molar refractivity (Wildman–Crippen MR) is 109 cm³/mol.